The highest BCUT2D eigenvalue weighted by atomic mass is 32.1. The van der Waals surface area contributed by atoms with Crippen LogP contribution in [-0.2, 0) is 13.0 Å². The molecule has 0 aliphatic heterocycles. The smallest absolute Gasteiger partial charge is 0.123 e. The molecule has 0 radical (unpaired) electrons. The second kappa shape index (κ2) is 6.46. The Morgan fingerprint density at radius 3 is 2.74 bits per heavy atom. The molecule has 1 unspecified atom stereocenters. The summed E-state index contributed by atoms with van der Waals surface area (Å²) in [6.07, 6.45) is 0.858. The average molecular weight is 274 g/mol. The van der Waals surface area contributed by atoms with Crippen LogP contribution < -0.4 is 5.32 Å². The van der Waals surface area contributed by atoms with Gasteiger partial charge in [0.2, 0.25) is 0 Å². The highest BCUT2D eigenvalue weighted by molar-refractivity contribution is 7.10. The third kappa shape index (κ3) is 4.16. The summed E-state index contributed by atoms with van der Waals surface area (Å²) in [5.41, 5.74) is 1.83. The van der Waals surface area contributed by atoms with E-state index < -0.39 is 0 Å². The molecule has 98 valence electrons. The van der Waals surface area contributed by atoms with E-state index >= 15 is 0 Å². The number of rotatable bonds is 5. The van der Waals surface area contributed by atoms with Crippen molar-refractivity contribution in [1.29, 1.82) is 5.26 Å². The predicted octanol–water partition coefficient (Wildman–Crippen LogP) is 3.48. The Kier molecular flexibility index (Phi) is 4.67. The molecule has 1 heterocycles. The molecule has 0 aliphatic rings. The molecule has 0 saturated carbocycles. The van der Waals surface area contributed by atoms with Crippen molar-refractivity contribution in [3.63, 3.8) is 0 Å². The Labute approximate surface area is 116 Å². The fourth-order valence-electron chi connectivity index (χ4n) is 1.85. The van der Waals surface area contributed by atoms with E-state index in [9.17, 15) is 4.39 Å². The molecular weight excluding hydrogens is 259 g/mol. The Balaban J connectivity index is 1.83. The molecule has 0 spiro atoms. The first-order valence-corrected chi connectivity index (χ1v) is 7.00. The maximum Gasteiger partial charge on any atom is 0.123 e. The van der Waals surface area contributed by atoms with Gasteiger partial charge < -0.3 is 5.32 Å². The van der Waals surface area contributed by atoms with Gasteiger partial charge in [-0.25, -0.2) is 4.39 Å². The lowest BCUT2D eigenvalue weighted by Crippen LogP contribution is -2.27. The quantitative estimate of drug-likeness (QED) is 0.906. The largest absolute Gasteiger partial charge is 0.309 e. The van der Waals surface area contributed by atoms with Crippen LogP contribution in [0.25, 0.3) is 0 Å². The lowest BCUT2D eigenvalue weighted by atomic mass is 10.1. The van der Waals surface area contributed by atoms with Gasteiger partial charge in [-0.05, 0) is 37.1 Å². The van der Waals surface area contributed by atoms with Crippen molar-refractivity contribution in [3.8, 4) is 6.07 Å². The summed E-state index contributed by atoms with van der Waals surface area (Å²) >= 11 is 1.59. The van der Waals surface area contributed by atoms with Gasteiger partial charge in [0.25, 0.3) is 0 Å². The van der Waals surface area contributed by atoms with Crippen LogP contribution in [0.3, 0.4) is 0 Å². The van der Waals surface area contributed by atoms with Gasteiger partial charge in [0.05, 0.1) is 5.56 Å². The maximum absolute atomic E-state index is 12.8. The summed E-state index contributed by atoms with van der Waals surface area (Å²) in [4.78, 5) is 1.16. The van der Waals surface area contributed by atoms with Crippen LogP contribution in [0, 0.1) is 17.1 Å². The van der Waals surface area contributed by atoms with E-state index in [1.807, 2.05) is 23.6 Å². The molecular formula is C15H15FN2S. The van der Waals surface area contributed by atoms with Crippen molar-refractivity contribution < 1.29 is 4.39 Å². The second-order valence-corrected chi connectivity index (χ2v) is 5.52. The maximum atomic E-state index is 12.8. The van der Waals surface area contributed by atoms with Crippen molar-refractivity contribution in [1.82, 2.24) is 5.32 Å². The van der Waals surface area contributed by atoms with E-state index in [0.29, 0.717) is 11.6 Å². The number of halogens is 1. The first-order chi connectivity index (χ1) is 9.17. The summed E-state index contributed by atoms with van der Waals surface area (Å²) < 4.78 is 12.8. The minimum Gasteiger partial charge on any atom is -0.309 e. The SMILES string of the molecule is CC(Cc1ccc(F)cc1)NCc1cc(C#N)cs1. The zero-order chi connectivity index (χ0) is 13.7. The van der Waals surface area contributed by atoms with Crippen molar-refractivity contribution in [2.45, 2.75) is 25.9 Å². The van der Waals surface area contributed by atoms with Gasteiger partial charge in [-0.3, -0.25) is 0 Å². The van der Waals surface area contributed by atoms with Gasteiger partial charge in [0.1, 0.15) is 11.9 Å². The molecule has 2 aromatic rings. The van der Waals surface area contributed by atoms with E-state index in [2.05, 4.69) is 18.3 Å². The number of nitrogens with zero attached hydrogens (tertiary/aromatic N) is 1. The third-order valence-electron chi connectivity index (χ3n) is 2.86. The molecule has 0 saturated heterocycles. The van der Waals surface area contributed by atoms with Crippen LogP contribution >= 0.6 is 11.3 Å². The number of hydrogen-bond donors (Lipinski definition) is 1. The normalized spacial score (nSPS) is 12.1. The Bertz CT molecular complexity index is 569. The number of hydrogen-bond acceptors (Lipinski definition) is 3. The third-order valence-corrected chi connectivity index (χ3v) is 3.80. The van der Waals surface area contributed by atoms with Crippen LogP contribution in [0.2, 0.25) is 0 Å². The molecule has 2 rings (SSSR count). The van der Waals surface area contributed by atoms with Crippen LogP contribution in [0.4, 0.5) is 4.39 Å². The molecule has 1 aromatic heterocycles. The highest BCUT2D eigenvalue weighted by Gasteiger charge is 2.05. The molecule has 0 fully saturated rings. The highest BCUT2D eigenvalue weighted by Crippen LogP contribution is 2.14. The van der Waals surface area contributed by atoms with Gasteiger partial charge in [-0.15, -0.1) is 11.3 Å². The van der Waals surface area contributed by atoms with Crippen LogP contribution in [0.5, 0.6) is 0 Å². The first-order valence-electron chi connectivity index (χ1n) is 6.12. The number of nitriles is 1. The second-order valence-electron chi connectivity index (χ2n) is 4.53. The van der Waals surface area contributed by atoms with Crippen LogP contribution in [0.15, 0.2) is 35.7 Å². The minimum atomic E-state index is -0.202. The molecule has 2 nitrogen and oxygen atoms in total. The fraction of sp³-hybridized carbons (Fsp3) is 0.267. The van der Waals surface area contributed by atoms with Crippen molar-refractivity contribution >= 4 is 11.3 Å². The van der Waals surface area contributed by atoms with Crippen molar-refractivity contribution in [2.24, 2.45) is 0 Å². The zero-order valence-electron chi connectivity index (χ0n) is 10.7. The molecule has 1 N–H and O–H groups in total. The van der Waals surface area contributed by atoms with Gasteiger partial charge >= 0.3 is 0 Å². The molecule has 1 atom stereocenters. The monoisotopic (exact) mass is 274 g/mol. The zero-order valence-corrected chi connectivity index (χ0v) is 11.5. The number of thiophene rings is 1. The van der Waals surface area contributed by atoms with E-state index in [1.165, 1.54) is 12.1 Å². The molecule has 0 amide bonds. The summed E-state index contributed by atoms with van der Waals surface area (Å²) in [6, 6.07) is 10.9. The lowest BCUT2D eigenvalue weighted by Gasteiger charge is -2.13. The van der Waals surface area contributed by atoms with Gasteiger partial charge in [-0.1, -0.05) is 12.1 Å². The topological polar surface area (TPSA) is 35.8 Å². The molecule has 0 aliphatic carbocycles. The van der Waals surface area contributed by atoms with Gasteiger partial charge in [0, 0.05) is 22.8 Å². The van der Waals surface area contributed by atoms with Crippen molar-refractivity contribution in [3.05, 3.63) is 57.5 Å². The molecule has 0 bridgehead atoms. The minimum absolute atomic E-state index is 0.202. The van der Waals surface area contributed by atoms with E-state index in [4.69, 9.17) is 5.26 Å². The van der Waals surface area contributed by atoms with E-state index in [-0.39, 0.29) is 5.82 Å². The van der Waals surface area contributed by atoms with E-state index in [1.54, 1.807) is 11.3 Å². The summed E-state index contributed by atoms with van der Waals surface area (Å²) in [7, 11) is 0. The molecule has 1 aromatic carbocycles. The van der Waals surface area contributed by atoms with Crippen LogP contribution in [-0.4, -0.2) is 6.04 Å². The molecule has 4 heteroatoms. The van der Waals surface area contributed by atoms with Gasteiger partial charge in [-0.2, -0.15) is 5.26 Å². The Hall–Kier alpha value is -1.70. The lowest BCUT2D eigenvalue weighted by molar-refractivity contribution is 0.548. The van der Waals surface area contributed by atoms with Crippen molar-refractivity contribution in [2.75, 3.05) is 0 Å². The average Bonchev–Trinajstić information content (AvgIpc) is 2.87. The number of nitrogens with one attached hydrogen (secondary N) is 1. The summed E-state index contributed by atoms with van der Waals surface area (Å²) in [6.45, 7) is 2.86. The molecule has 19 heavy (non-hydrogen) atoms. The summed E-state index contributed by atoms with van der Waals surface area (Å²) in [5, 5.41) is 14.0. The standard InChI is InChI=1S/C15H15FN2S/c1-11(6-12-2-4-14(16)5-3-12)18-9-15-7-13(8-17)10-19-15/h2-5,7,10-11,18H,6,9H2,1H3. The Morgan fingerprint density at radius 1 is 1.37 bits per heavy atom. The number of benzene rings is 1. The predicted molar refractivity (Wildman–Crippen MR) is 75.4 cm³/mol. The van der Waals surface area contributed by atoms with Gasteiger partial charge in [0.15, 0.2) is 0 Å². The fourth-order valence-corrected chi connectivity index (χ4v) is 2.61. The first kappa shape index (κ1) is 13.7. The Morgan fingerprint density at radius 2 is 2.11 bits per heavy atom. The summed E-state index contributed by atoms with van der Waals surface area (Å²) in [5.74, 6) is -0.202. The van der Waals surface area contributed by atoms with E-state index in [0.717, 1.165) is 23.4 Å². The van der Waals surface area contributed by atoms with Crippen LogP contribution in [0.1, 0.15) is 22.9 Å².